The summed E-state index contributed by atoms with van der Waals surface area (Å²) >= 11 is 0. The molecule has 0 amide bonds. The summed E-state index contributed by atoms with van der Waals surface area (Å²) < 4.78 is 0. The second kappa shape index (κ2) is 7.67. The molecule has 3 aromatic rings. The lowest BCUT2D eigenvalue weighted by Crippen LogP contribution is -2.15. The van der Waals surface area contributed by atoms with Crippen LogP contribution in [0.4, 0.5) is 11.4 Å². The number of benzene rings is 3. The van der Waals surface area contributed by atoms with Gasteiger partial charge in [-0.3, -0.25) is 0 Å². The molecule has 0 aliphatic carbocycles. The molecule has 0 bridgehead atoms. The predicted octanol–water partition coefficient (Wildman–Crippen LogP) is 6.16. The minimum Gasteiger partial charge on any atom is -0.354 e. The third-order valence-corrected chi connectivity index (χ3v) is 4.79. The molecule has 3 heteroatoms. The van der Waals surface area contributed by atoms with Gasteiger partial charge < -0.3 is 10.2 Å². The number of halogens is 1. The summed E-state index contributed by atoms with van der Waals surface area (Å²) in [6.07, 6.45) is 2.22. The van der Waals surface area contributed by atoms with Crippen LogP contribution in [0.3, 0.4) is 0 Å². The Labute approximate surface area is 161 Å². The third-order valence-electron chi connectivity index (χ3n) is 4.79. The fraction of sp³-hybridized carbons (Fsp3) is 0.130. The SMILES string of the molecule is Cc1cc2c(cc1C)NC(c1ccccc1)=CN(c1ccccc1)C2.Cl. The number of para-hydroxylation sites is 1. The van der Waals surface area contributed by atoms with Crippen molar-refractivity contribution in [1.82, 2.24) is 0 Å². The summed E-state index contributed by atoms with van der Waals surface area (Å²) in [6, 6.07) is 25.6. The van der Waals surface area contributed by atoms with Gasteiger partial charge in [0, 0.05) is 24.1 Å². The van der Waals surface area contributed by atoms with E-state index in [-0.39, 0.29) is 12.4 Å². The van der Waals surface area contributed by atoms with Gasteiger partial charge in [-0.1, -0.05) is 54.6 Å². The average molecular weight is 363 g/mol. The molecule has 26 heavy (non-hydrogen) atoms. The van der Waals surface area contributed by atoms with E-state index in [2.05, 4.69) is 103 Å². The van der Waals surface area contributed by atoms with Gasteiger partial charge in [-0.2, -0.15) is 0 Å². The molecule has 0 unspecified atom stereocenters. The topological polar surface area (TPSA) is 15.3 Å². The Bertz CT molecular complexity index is 918. The first-order valence-electron chi connectivity index (χ1n) is 8.67. The zero-order valence-electron chi connectivity index (χ0n) is 15.1. The minimum atomic E-state index is 0. The van der Waals surface area contributed by atoms with Gasteiger partial charge in [0.15, 0.2) is 0 Å². The highest BCUT2D eigenvalue weighted by molar-refractivity contribution is 5.85. The van der Waals surface area contributed by atoms with Crippen molar-refractivity contribution in [2.45, 2.75) is 20.4 Å². The van der Waals surface area contributed by atoms with Crippen molar-refractivity contribution in [3.8, 4) is 0 Å². The maximum Gasteiger partial charge on any atom is 0.0623 e. The van der Waals surface area contributed by atoms with E-state index in [1.807, 2.05) is 0 Å². The summed E-state index contributed by atoms with van der Waals surface area (Å²) in [5.74, 6) is 0. The van der Waals surface area contributed by atoms with Crippen LogP contribution in [-0.2, 0) is 6.54 Å². The Morgan fingerprint density at radius 3 is 2.12 bits per heavy atom. The van der Waals surface area contributed by atoms with Gasteiger partial charge in [0.25, 0.3) is 0 Å². The number of anilines is 2. The second-order valence-corrected chi connectivity index (χ2v) is 6.59. The van der Waals surface area contributed by atoms with E-state index < -0.39 is 0 Å². The molecule has 0 fully saturated rings. The zero-order valence-corrected chi connectivity index (χ0v) is 15.9. The lowest BCUT2D eigenvalue weighted by atomic mass is 10.0. The maximum absolute atomic E-state index is 3.66. The smallest absolute Gasteiger partial charge is 0.0623 e. The summed E-state index contributed by atoms with van der Waals surface area (Å²) in [6.45, 7) is 5.20. The van der Waals surface area contributed by atoms with Gasteiger partial charge in [0.2, 0.25) is 0 Å². The van der Waals surface area contributed by atoms with Crippen molar-refractivity contribution in [3.05, 3.63) is 101 Å². The number of rotatable bonds is 2. The molecule has 132 valence electrons. The van der Waals surface area contributed by atoms with Crippen LogP contribution in [0.15, 0.2) is 79.0 Å². The van der Waals surface area contributed by atoms with Crippen molar-refractivity contribution in [3.63, 3.8) is 0 Å². The number of nitrogens with one attached hydrogen (secondary N) is 1. The lowest BCUT2D eigenvalue weighted by molar-refractivity contribution is 0.975. The lowest BCUT2D eigenvalue weighted by Gasteiger charge is -2.20. The van der Waals surface area contributed by atoms with Crippen LogP contribution in [-0.4, -0.2) is 0 Å². The highest BCUT2D eigenvalue weighted by Crippen LogP contribution is 2.32. The molecule has 2 nitrogen and oxygen atoms in total. The van der Waals surface area contributed by atoms with E-state index in [9.17, 15) is 0 Å². The van der Waals surface area contributed by atoms with Crippen molar-refractivity contribution < 1.29 is 0 Å². The molecule has 0 atom stereocenters. The van der Waals surface area contributed by atoms with E-state index in [0.29, 0.717) is 0 Å². The molecular weight excluding hydrogens is 340 g/mol. The molecule has 0 radical (unpaired) electrons. The van der Waals surface area contributed by atoms with Gasteiger partial charge in [-0.15, -0.1) is 12.4 Å². The standard InChI is InChI=1S/C23H22N2.ClH/c1-17-13-20-15-25(21-11-7-4-8-12-21)16-23(19-9-5-3-6-10-19)24-22(20)14-18(17)2;/h3-14,16,24H,15H2,1-2H3;1H. The predicted molar refractivity (Wildman–Crippen MR) is 114 cm³/mol. The molecule has 1 N–H and O–H groups in total. The number of nitrogens with zero attached hydrogens (tertiary/aromatic N) is 1. The second-order valence-electron chi connectivity index (χ2n) is 6.59. The summed E-state index contributed by atoms with van der Waals surface area (Å²) in [4.78, 5) is 2.32. The van der Waals surface area contributed by atoms with Crippen molar-refractivity contribution in [2.24, 2.45) is 0 Å². The number of hydrogen-bond acceptors (Lipinski definition) is 2. The minimum absolute atomic E-state index is 0. The van der Waals surface area contributed by atoms with Crippen molar-refractivity contribution >= 4 is 29.5 Å². The molecule has 3 aromatic carbocycles. The Morgan fingerprint density at radius 2 is 1.42 bits per heavy atom. The molecule has 0 spiro atoms. The van der Waals surface area contributed by atoms with Gasteiger partial charge in [0.1, 0.15) is 0 Å². The largest absolute Gasteiger partial charge is 0.354 e. The monoisotopic (exact) mass is 362 g/mol. The van der Waals surface area contributed by atoms with E-state index in [1.165, 1.54) is 33.6 Å². The first-order valence-corrected chi connectivity index (χ1v) is 8.67. The Kier molecular flexibility index (Phi) is 5.34. The summed E-state index contributed by atoms with van der Waals surface area (Å²) in [7, 11) is 0. The van der Waals surface area contributed by atoms with Crippen LogP contribution in [0.2, 0.25) is 0 Å². The fourth-order valence-electron chi connectivity index (χ4n) is 3.24. The molecule has 1 heterocycles. The van der Waals surface area contributed by atoms with Gasteiger partial charge >= 0.3 is 0 Å². The number of aryl methyl sites for hydroxylation is 2. The fourth-order valence-corrected chi connectivity index (χ4v) is 3.24. The van der Waals surface area contributed by atoms with E-state index in [1.54, 1.807) is 0 Å². The Hall–Kier alpha value is -2.71. The zero-order chi connectivity index (χ0) is 17.2. The Balaban J connectivity index is 0.00000196. The highest BCUT2D eigenvalue weighted by atomic mass is 35.5. The molecule has 1 aliphatic rings. The van der Waals surface area contributed by atoms with Crippen LogP contribution in [0.5, 0.6) is 0 Å². The van der Waals surface area contributed by atoms with Crippen LogP contribution < -0.4 is 10.2 Å². The highest BCUT2D eigenvalue weighted by Gasteiger charge is 2.17. The van der Waals surface area contributed by atoms with E-state index in [0.717, 1.165) is 12.2 Å². The Morgan fingerprint density at radius 1 is 0.808 bits per heavy atom. The number of fused-ring (bicyclic) bond motifs is 1. The quantitative estimate of drug-likeness (QED) is 0.587. The van der Waals surface area contributed by atoms with E-state index in [4.69, 9.17) is 0 Å². The van der Waals surface area contributed by atoms with Gasteiger partial charge in [-0.25, -0.2) is 0 Å². The van der Waals surface area contributed by atoms with Gasteiger partial charge in [-0.05, 0) is 54.3 Å². The molecule has 0 saturated carbocycles. The maximum atomic E-state index is 3.66. The molecule has 1 aliphatic heterocycles. The molecule has 0 saturated heterocycles. The van der Waals surface area contributed by atoms with Gasteiger partial charge in [0.05, 0.1) is 5.70 Å². The molecule has 0 aromatic heterocycles. The van der Waals surface area contributed by atoms with Crippen LogP contribution >= 0.6 is 12.4 Å². The van der Waals surface area contributed by atoms with E-state index >= 15 is 0 Å². The van der Waals surface area contributed by atoms with Crippen LogP contribution in [0.1, 0.15) is 22.3 Å². The van der Waals surface area contributed by atoms with Crippen LogP contribution in [0, 0.1) is 13.8 Å². The molecular formula is C23H23ClN2. The molecule has 4 rings (SSSR count). The van der Waals surface area contributed by atoms with Crippen molar-refractivity contribution in [2.75, 3.05) is 10.2 Å². The number of hydrogen-bond donors (Lipinski definition) is 1. The summed E-state index contributed by atoms with van der Waals surface area (Å²) in [5, 5.41) is 3.66. The normalized spacial score (nSPS) is 13.0. The summed E-state index contributed by atoms with van der Waals surface area (Å²) in [5.41, 5.74) is 8.65. The average Bonchev–Trinajstić information content (AvgIpc) is 2.83. The first-order chi connectivity index (χ1) is 12.2. The first kappa shape index (κ1) is 18.1. The van der Waals surface area contributed by atoms with Crippen LogP contribution in [0.25, 0.3) is 5.70 Å². The third kappa shape index (κ3) is 3.61. The van der Waals surface area contributed by atoms with Crippen molar-refractivity contribution in [1.29, 1.82) is 0 Å².